The lowest BCUT2D eigenvalue weighted by Gasteiger charge is -2.03. The molecule has 1 aromatic heterocycles. The van der Waals surface area contributed by atoms with Gasteiger partial charge >= 0.3 is 0 Å². The molecule has 1 amide bonds. The predicted octanol–water partition coefficient (Wildman–Crippen LogP) is 0.806. The molecule has 0 saturated carbocycles. The van der Waals surface area contributed by atoms with E-state index in [1.807, 2.05) is 0 Å². The molecule has 0 radical (unpaired) electrons. The van der Waals surface area contributed by atoms with Crippen LogP contribution < -0.4 is 10.6 Å². The minimum Gasteiger partial charge on any atom is -0.383 e. The Balaban J connectivity index is 1.74. The van der Waals surface area contributed by atoms with Crippen molar-refractivity contribution >= 4 is 22.4 Å². The standard InChI is InChI=1S/C11H17N3O2S/c1-16-6-5-12-7-10(15)14-11-13-8-3-2-4-9(8)17-11/h12H,2-7H2,1H3,(H,13,14,15). The average Bonchev–Trinajstić information content (AvgIpc) is 2.84. The van der Waals surface area contributed by atoms with E-state index < -0.39 is 0 Å². The number of methoxy groups -OCH3 is 1. The van der Waals surface area contributed by atoms with Gasteiger partial charge in [0, 0.05) is 18.5 Å². The highest BCUT2D eigenvalue weighted by Gasteiger charge is 2.17. The van der Waals surface area contributed by atoms with Crippen molar-refractivity contribution in [3.63, 3.8) is 0 Å². The summed E-state index contributed by atoms with van der Waals surface area (Å²) >= 11 is 1.60. The fourth-order valence-corrected chi connectivity index (χ4v) is 2.85. The Labute approximate surface area is 105 Å². The lowest BCUT2D eigenvalue weighted by Crippen LogP contribution is -2.30. The molecule has 0 bridgehead atoms. The zero-order valence-corrected chi connectivity index (χ0v) is 10.7. The number of nitrogens with one attached hydrogen (secondary N) is 2. The van der Waals surface area contributed by atoms with Gasteiger partial charge < -0.3 is 15.4 Å². The molecular weight excluding hydrogens is 238 g/mol. The summed E-state index contributed by atoms with van der Waals surface area (Å²) < 4.78 is 4.88. The van der Waals surface area contributed by atoms with Crippen LogP contribution in [0.1, 0.15) is 17.0 Å². The van der Waals surface area contributed by atoms with Gasteiger partial charge in [-0.2, -0.15) is 0 Å². The van der Waals surface area contributed by atoms with Crippen molar-refractivity contribution in [2.24, 2.45) is 0 Å². The number of aromatic nitrogens is 1. The van der Waals surface area contributed by atoms with Crippen molar-refractivity contribution in [2.75, 3.05) is 32.1 Å². The van der Waals surface area contributed by atoms with Gasteiger partial charge in [-0.3, -0.25) is 4.79 Å². The summed E-state index contributed by atoms with van der Waals surface area (Å²) in [7, 11) is 1.64. The van der Waals surface area contributed by atoms with Crippen molar-refractivity contribution < 1.29 is 9.53 Å². The maximum atomic E-state index is 11.6. The molecule has 17 heavy (non-hydrogen) atoms. The molecule has 0 spiro atoms. The van der Waals surface area contributed by atoms with Crippen LogP contribution in [0.25, 0.3) is 0 Å². The van der Waals surface area contributed by atoms with E-state index in [9.17, 15) is 4.79 Å². The van der Waals surface area contributed by atoms with Crippen molar-refractivity contribution in [1.29, 1.82) is 0 Å². The van der Waals surface area contributed by atoms with Gasteiger partial charge in [-0.1, -0.05) is 0 Å². The number of aryl methyl sites for hydroxylation is 2. The molecule has 6 heteroatoms. The summed E-state index contributed by atoms with van der Waals surface area (Å²) in [5.41, 5.74) is 1.16. The first-order valence-corrected chi connectivity index (χ1v) is 6.59. The van der Waals surface area contributed by atoms with Crippen LogP contribution in [0.2, 0.25) is 0 Å². The number of carbonyl (C=O) groups is 1. The summed E-state index contributed by atoms with van der Waals surface area (Å²) in [5, 5.41) is 6.54. The smallest absolute Gasteiger partial charge is 0.240 e. The largest absolute Gasteiger partial charge is 0.383 e. The van der Waals surface area contributed by atoms with Crippen LogP contribution in [0.4, 0.5) is 5.13 Å². The molecule has 0 aliphatic heterocycles. The van der Waals surface area contributed by atoms with Crippen LogP contribution in [-0.2, 0) is 22.4 Å². The highest BCUT2D eigenvalue weighted by molar-refractivity contribution is 7.15. The zero-order valence-electron chi connectivity index (χ0n) is 9.91. The van der Waals surface area contributed by atoms with Crippen LogP contribution in [0.15, 0.2) is 0 Å². The second-order valence-electron chi connectivity index (χ2n) is 3.96. The Hall–Kier alpha value is -0.980. The van der Waals surface area contributed by atoms with Crippen molar-refractivity contribution in [3.8, 4) is 0 Å². The Bertz CT molecular complexity index is 371. The number of hydrogen-bond acceptors (Lipinski definition) is 5. The lowest BCUT2D eigenvalue weighted by atomic mass is 10.4. The Morgan fingerprint density at radius 2 is 2.41 bits per heavy atom. The van der Waals surface area contributed by atoms with Crippen molar-refractivity contribution in [2.45, 2.75) is 19.3 Å². The minimum atomic E-state index is -0.0477. The molecule has 1 heterocycles. The Morgan fingerprint density at radius 1 is 1.53 bits per heavy atom. The third-order valence-electron chi connectivity index (χ3n) is 2.61. The molecule has 1 aromatic rings. The van der Waals surface area contributed by atoms with Gasteiger partial charge in [-0.25, -0.2) is 4.98 Å². The number of nitrogens with zero attached hydrogens (tertiary/aromatic N) is 1. The minimum absolute atomic E-state index is 0.0477. The maximum absolute atomic E-state index is 11.6. The molecule has 0 atom stereocenters. The van der Waals surface area contributed by atoms with Crippen molar-refractivity contribution in [1.82, 2.24) is 10.3 Å². The number of anilines is 1. The van der Waals surface area contributed by atoms with Crippen LogP contribution in [0.3, 0.4) is 0 Å². The highest BCUT2D eigenvalue weighted by Crippen LogP contribution is 2.30. The number of amides is 1. The molecule has 1 aliphatic rings. The highest BCUT2D eigenvalue weighted by atomic mass is 32.1. The van der Waals surface area contributed by atoms with E-state index >= 15 is 0 Å². The summed E-state index contributed by atoms with van der Waals surface area (Å²) in [5.74, 6) is -0.0477. The number of rotatable bonds is 6. The van der Waals surface area contributed by atoms with E-state index in [1.165, 1.54) is 11.3 Å². The molecule has 0 aromatic carbocycles. The molecule has 0 saturated heterocycles. The normalized spacial score (nSPS) is 13.7. The maximum Gasteiger partial charge on any atom is 0.240 e. The van der Waals surface area contributed by atoms with E-state index in [2.05, 4.69) is 15.6 Å². The van der Waals surface area contributed by atoms with E-state index in [4.69, 9.17) is 4.74 Å². The number of hydrogen-bond donors (Lipinski definition) is 2. The van der Waals surface area contributed by atoms with E-state index in [-0.39, 0.29) is 5.91 Å². The monoisotopic (exact) mass is 255 g/mol. The second-order valence-corrected chi connectivity index (χ2v) is 5.04. The molecule has 94 valence electrons. The topological polar surface area (TPSA) is 63.2 Å². The SMILES string of the molecule is COCCNCC(=O)Nc1nc2c(s1)CCC2. The summed E-state index contributed by atoms with van der Waals surface area (Å²) in [6, 6.07) is 0. The van der Waals surface area contributed by atoms with E-state index in [1.54, 1.807) is 18.4 Å². The molecule has 1 aliphatic carbocycles. The van der Waals surface area contributed by atoms with Gasteiger partial charge in [0.25, 0.3) is 0 Å². The van der Waals surface area contributed by atoms with Gasteiger partial charge in [-0.05, 0) is 19.3 Å². The first kappa shape index (κ1) is 12.5. The Morgan fingerprint density at radius 3 is 3.18 bits per heavy atom. The molecule has 0 unspecified atom stereocenters. The van der Waals surface area contributed by atoms with Gasteiger partial charge in [0.15, 0.2) is 5.13 Å². The quantitative estimate of drug-likeness (QED) is 0.738. The van der Waals surface area contributed by atoms with Gasteiger partial charge in [0.05, 0.1) is 18.8 Å². The third kappa shape index (κ3) is 3.49. The molecule has 2 rings (SSSR count). The van der Waals surface area contributed by atoms with Crippen molar-refractivity contribution in [3.05, 3.63) is 10.6 Å². The van der Waals surface area contributed by atoms with Crippen LogP contribution >= 0.6 is 11.3 Å². The van der Waals surface area contributed by atoms with Crippen LogP contribution in [0, 0.1) is 0 Å². The third-order valence-corrected chi connectivity index (χ3v) is 3.68. The Kier molecular flexibility index (Phi) is 4.47. The predicted molar refractivity (Wildman–Crippen MR) is 67.5 cm³/mol. The summed E-state index contributed by atoms with van der Waals surface area (Å²) in [6.07, 6.45) is 3.35. The summed E-state index contributed by atoms with van der Waals surface area (Å²) in [6.45, 7) is 1.59. The van der Waals surface area contributed by atoms with Gasteiger partial charge in [0.2, 0.25) is 5.91 Å². The second kappa shape index (κ2) is 6.09. The number of carbonyl (C=O) groups excluding carboxylic acids is 1. The van der Waals surface area contributed by atoms with Gasteiger partial charge in [-0.15, -0.1) is 11.3 Å². The average molecular weight is 255 g/mol. The first-order chi connectivity index (χ1) is 8.29. The number of thiazole rings is 1. The van der Waals surface area contributed by atoms with Crippen LogP contribution in [-0.4, -0.2) is 37.7 Å². The molecule has 0 fully saturated rings. The van der Waals surface area contributed by atoms with E-state index in [0.717, 1.165) is 23.7 Å². The fraction of sp³-hybridized carbons (Fsp3) is 0.636. The molecule has 5 nitrogen and oxygen atoms in total. The lowest BCUT2D eigenvalue weighted by molar-refractivity contribution is -0.115. The number of fused-ring (bicyclic) bond motifs is 1. The van der Waals surface area contributed by atoms with Crippen LogP contribution in [0.5, 0.6) is 0 Å². The van der Waals surface area contributed by atoms with Gasteiger partial charge in [0.1, 0.15) is 0 Å². The molecular formula is C11H17N3O2S. The zero-order chi connectivity index (χ0) is 12.1. The number of ether oxygens (including phenoxy) is 1. The molecule has 2 N–H and O–H groups in total. The van der Waals surface area contributed by atoms with E-state index in [0.29, 0.717) is 19.7 Å². The first-order valence-electron chi connectivity index (χ1n) is 5.77. The summed E-state index contributed by atoms with van der Waals surface area (Å²) in [4.78, 5) is 17.3. The fourth-order valence-electron chi connectivity index (χ4n) is 1.78.